The van der Waals surface area contributed by atoms with Crippen molar-refractivity contribution in [3.05, 3.63) is 29.3 Å². The Bertz CT molecular complexity index is 531. The summed E-state index contributed by atoms with van der Waals surface area (Å²) in [6.45, 7) is 0. The third-order valence-electron chi connectivity index (χ3n) is 1.70. The number of rotatable bonds is 3. The number of carboxylic acid groups (broad SMARTS) is 2. The standard InChI is InChI=1S/C8H6O7S.Cs/c9-7(10)4-1-5(8(11)12)3-6(2-4)16(13,14)15;/h1-3H,(H,9,10)(H,11,12)(H,13,14,15);. The monoisotopic (exact) mass is 379 g/mol. The molecule has 87 valence electrons. The van der Waals surface area contributed by atoms with Crippen molar-refractivity contribution in [1.29, 1.82) is 0 Å². The molecule has 1 rings (SSSR count). The van der Waals surface area contributed by atoms with Crippen molar-refractivity contribution in [3.63, 3.8) is 0 Å². The molecule has 0 saturated heterocycles. The van der Waals surface area contributed by atoms with E-state index in [9.17, 15) is 18.0 Å². The van der Waals surface area contributed by atoms with Gasteiger partial charge in [0.25, 0.3) is 10.1 Å². The second kappa shape index (κ2) is 6.34. The van der Waals surface area contributed by atoms with Crippen LogP contribution in [0.15, 0.2) is 23.1 Å². The van der Waals surface area contributed by atoms with E-state index >= 15 is 0 Å². The van der Waals surface area contributed by atoms with E-state index in [4.69, 9.17) is 14.8 Å². The molecular weight excluding hydrogens is 373 g/mol. The van der Waals surface area contributed by atoms with Crippen molar-refractivity contribution in [3.8, 4) is 0 Å². The van der Waals surface area contributed by atoms with Gasteiger partial charge in [0.05, 0.1) is 16.0 Å². The Hall–Kier alpha value is 0.122. The minimum atomic E-state index is -4.64. The summed E-state index contributed by atoms with van der Waals surface area (Å²) < 4.78 is 30.2. The van der Waals surface area contributed by atoms with E-state index in [1.807, 2.05) is 0 Å². The van der Waals surface area contributed by atoms with E-state index in [1.165, 1.54) is 0 Å². The second-order valence-corrected chi connectivity index (χ2v) is 4.25. The molecule has 0 atom stereocenters. The maximum Gasteiger partial charge on any atom is 0.335 e. The maximum atomic E-state index is 10.8. The molecule has 17 heavy (non-hydrogen) atoms. The van der Waals surface area contributed by atoms with Crippen LogP contribution in [-0.2, 0) is 10.1 Å². The maximum absolute atomic E-state index is 10.8. The third-order valence-corrected chi connectivity index (χ3v) is 2.53. The van der Waals surface area contributed by atoms with Crippen LogP contribution in [0.3, 0.4) is 0 Å². The number of aromatic carboxylic acids is 2. The van der Waals surface area contributed by atoms with Crippen molar-refractivity contribution in [2.45, 2.75) is 4.90 Å². The van der Waals surface area contributed by atoms with E-state index in [0.29, 0.717) is 12.1 Å². The van der Waals surface area contributed by atoms with Gasteiger partial charge in [0.1, 0.15) is 0 Å². The van der Waals surface area contributed by atoms with Gasteiger partial charge in [-0.25, -0.2) is 9.59 Å². The van der Waals surface area contributed by atoms with Crippen LogP contribution in [0, 0.1) is 0 Å². The van der Waals surface area contributed by atoms with E-state index in [2.05, 4.69) is 0 Å². The number of carbonyl (C=O) groups is 2. The molecule has 7 nitrogen and oxygen atoms in total. The summed E-state index contributed by atoms with van der Waals surface area (Å²) >= 11 is 0. The van der Waals surface area contributed by atoms with Gasteiger partial charge in [-0.3, -0.25) is 4.55 Å². The van der Waals surface area contributed by atoms with Crippen LogP contribution in [0.5, 0.6) is 0 Å². The van der Waals surface area contributed by atoms with Gasteiger partial charge in [0.15, 0.2) is 0 Å². The van der Waals surface area contributed by atoms with Crippen LogP contribution in [0.4, 0.5) is 0 Å². The number of carboxylic acids is 2. The molecule has 1 aromatic carbocycles. The predicted octanol–water partition coefficient (Wildman–Crippen LogP) is -0.0511. The minimum Gasteiger partial charge on any atom is -0.478 e. The zero-order valence-electron chi connectivity index (χ0n) is 8.61. The molecule has 0 aliphatic heterocycles. The molecule has 0 aromatic heterocycles. The van der Waals surface area contributed by atoms with Gasteiger partial charge in [-0.15, -0.1) is 0 Å². The van der Waals surface area contributed by atoms with Gasteiger partial charge in [0, 0.05) is 68.9 Å². The van der Waals surface area contributed by atoms with Gasteiger partial charge in [-0.2, -0.15) is 8.42 Å². The fourth-order valence-electron chi connectivity index (χ4n) is 0.995. The SMILES string of the molecule is O=C(O)c1cc(C(=O)O)cc(S(=O)(=O)O)c1.[Cs]. The first kappa shape index (κ1) is 17.1. The predicted molar refractivity (Wildman–Crippen MR) is 55.9 cm³/mol. The first-order chi connectivity index (χ1) is 7.21. The Morgan fingerprint density at radius 3 is 1.53 bits per heavy atom. The van der Waals surface area contributed by atoms with E-state index < -0.39 is 38.1 Å². The average molecular weight is 379 g/mol. The van der Waals surface area contributed by atoms with Crippen molar-refractivity contribution in [2.75, 3.05) is 0 Å². The number of benzene rings is 1. The first-order valence-electron chi connectivity index (χ1n) is 3.81. The van der Waals surface area contributed by atoms with E-state index in [1.54, 1.807) is 0 Å². The van der Waals surface area contributed by atoms with Gasteiger partial charge in [-0.05, 0) is 18.2 Å². The topological polar surface area (TPSA) is 129 Å². The molecular formula is C8H6CsO7S. The molecule has 0 saturated carbocycles. The smallest absolute Gasteiger partial charge is 0.335 e. The molecule has 1 radical (unpaired) electrons. The summed E-state index contributed by atoms with van der Waals surface area (Å²) in [5.41, 5.74) is -1.07. The summed E-state index contributed by atoms with van der Waals surface area (Å²) in [6, 6.07) is 2.13. The normalized spacial score (nSPS) is 10.4. The third kappa shape index (κ3) is 4.71. The zero-order valence-corrected chi connectivity index (χ0v) is 15.7. The van der Waals surface area contributed by atoms with Gasteiger partial charge in [0.2, 0.25) is 0 Å². The molecule has 0 spiro atoms. The fourth-order valence-corrected chi connectivity index (χ4v) is 1.55. The summed E-state index contributed by atoms with van der Waals surface area (Å²) in [6.07, 6.45) is 0. The Balaban J connectivity index is 0.00000256. The van der Waals surface area contributed by atoms with Crippen LogP contribution in [0.1, 0.15) is 20.7 Å². The molecule has 0 aliphatic rings. The molecule has 0 fully saturated rings. The Morgan fingerprint density at radius 1 is 0.941 bits per heavy atom. The van der Waals surface area contributed by atoms with Crippen LogP contribution in [-0.4, -0.2) is 104 Å². The largest absolute Gasteiger partial charge is 0.478 e. The number of hydrogen-bond donors (Lipinski definition) is 3. The molecule has 0 aliphatic carbocycles. The zero-order chi connectivity index (χ0) is 12.5. The van der Waals surface area contributed by atoms with Crippen LogP contribution >= 0.6 is 0 Å². The molecule has 0 amide bonds. The fraction of sp³-hybridized carbons (Fsp3) is 0. The van der Waals surface area contributed by atoms with E-state index in [-0.39, 0.29) is 68.9 Å². The molecule has 0 bridgehead atoms. The van der Waals surface area contributed by atoms with Crippen LogP contribution in [0.25, 0.3) is 0 Å². The second-order valence-electron chi connectivity index (χ2n) is 2.83. The van der Waals surface area contributed by atoms with Gasteiger partial charge < -0.3 is 10.2 Å². The molecule has 0 heterocycles. The molecule has 9 heteroatoms. The van der Waals surface area contributed by atoms with Crippen molar-refractivity contribution >= 4 is 91.0 Å². The van der Waals surface area contributed by atoms with Crippen molar-refractivity contribution < 1.29 is 32.8 Å². The van der Waals surface area contributed by atoms with Gasteiger partial charge in [-0.1, -0.05) is 0 Å². The summed E-state index contributed by atoms with van der Waals surface area (Å²) in [5, 5.41) is 17.2. The minimum absolute atomic E-state index is 0. The van der Waals surface area contributed by atoms with Crippen molar-refractivity contribution in [1.82, 2.24) is 0 Å². The summed E-state index contributed by atoms with van der Waals surface area (Å²) in [5.74, 6) is -2.99. The summed E-state index contributed by atoms with van der Waals surface area (Å²) in [7, 11) is -4.64. The Kier molecular flexibility index (Phi) is 6.38. The molecule has 0 unspecified atom stereocenters. The first-order valence-corrected chi connectivity index (χ1v) is 5.25. The average Bonchev–Trinajstić information content (AvgIpc) is 2.15. The van der Waals surface area contributed by atoms with E-state index in [0.717, 1.165) is 6.07 Å². The van der Waals surface area contributed by atoms with Crippen molar-refractivity contribution in [2.24, 2.45) is 0 Å². The Morgan fingerprint density at radius 2 is 1.29 bits per heavy atom. The quantitative estimate of drug-likeness (QED) is 0.628. The molecule has 1 aromatic rings. The molecule has 3 N–H and O–H groups in total. The Labute approximate surface area is 155 Å². The summed E-state index contributed by atoms with van der Waals surface area (Å²) in [4.78, 5) is 20.4. The number of hydrogen-bond acceptors (Lipinski definition) is 4. The van der Waals surface area contributed by atoms with Gasteiger partial charge >= 0.3 is 11.9 Å². The van der Waals surface area contributed by atoms with Crippen LogP contribution in [0.2, 0.25) is 0 Å². The van der Waals surface area contributed by atoms with Crippen LogP contribution < -0.4 is 0 Å².